The third kappa shape index (κ3) is 2.14. The molecule has 1 aliphatic heterocycles. The predicted molar refractivity (Wildman–Crippen MR) is 52.1 cm³/mol. The summed E-state index contributed by atoms with van der Waals surface area (Å²) in [4.78, 5) is 12.9. The van der Waals surface area contributed by atoms with Crippen molar-refractivity contribution in [1.82, 2.24) is 4.90 Å². The fourth-order valence-corrected chi connectivity index (χ4v) is 2.08. The maximum Gasteiger partial charge on any atom is 0.241 e. The van der Waals surface area contributed by atoms with Crippen LogP contribution in [0.15, 0.2) is 0 Å². The molecule has 2 N–H and O–H groups in total. The van der Waals surface area contributed by atoms with E-state index in [4.69, 9.17) is 5.73 Å². The lowest BCUT2D eigenvalue weighted by atomic mass is 10.1. The average molecular weight is 188 g/mol. The molecule has 0 spiro atoms. The molecule has 0 aromatic rings. The zero-order valence-corrected chi connectivity index (χ0v) is 8.43. The molecule has 4 heteroatoms. The van der Waals surface area contributed by atoms with Gasteiger partial charge in [0.15, 0.2) is 0 Å². The molecule has 0 bridgehead atoms. The lowest BCUT2D eigenvalue weighted by molar-refractivity contribution is -0.142. The average Bonchev–Trinajstić information content (AvgIpc) is 2.04. The molecule has 0 aromatic carbocycles. The fraction of sp³-hybridized carbons (Fsp3) is 0.875. The summed E-state index contributed by atoms with van der Waals surface area (Å²) in [5.41, 5.74) is 5.47. The van der Waals surface area contributed by atoms with Gasteiger partial charge in [0, 0.05) is 13.1 Å². The van der Waals surface area contributed by atoms with Crippen LogP contribution in [-0.4, -0.2) is 41.9 Å². The van der Waals surface area contributed by atoms with E-state index in [9.17, 15) is 4.79 Å². The number of thioether (sulfide) groups is 1. The maximum absolute atomic E-state index is 11.1. The topological polar surface area (TPSA) is 46.3 Å². The number of carbonyl (C=O) groups excluding carboxylic acids is 1. The van der Waals surface area contributed by atoms with Crippen molar-refractivity contribution in [3.8, 4) is 0 Å². The van der Waals surface area contributed by atoms with Gasteiger partial charge in [-0.2, -0.15) is 11.8 Å². The summed E-state index contributed by atoms with van der Waals surface area (Å²) in [5, 5.41) is 0. The van der Waals surface area contributed by atoms with Gasteiger partial charge in [0.05, 0.1) is 0 Å². The van der Waals surface area contributed by atoms with Gasteiger partial charge in [0.25, 0.3) is 0 Å². The number of hydrogen-bond acceptors (Lipinski definition) is 3. The van der Waals surface area contributed by atoms with Gasteiger partial charge in [0.2, 0.25) is 5.91 Å². The molecule has 0 aliphatic carbocycles. The van der Waals surface area contributed by atoms with Crippen molar-refractivity contribution in [2.45, 2.75) is 13.0 Å². The minimum atomic E-state index is -0.216. The van der Waals surface area contributed by atoms with Crippen LogP contribution in [0.2, 0.25) is 0 Å². The second-order valence-corrected chi connectivity index (χ2v) is 4.32. The number of likely N-dealkylation sites (tertiary alicyclic amines) is 1. The summed E-state index contributed by atoms with van der Waals surface area (Å²) in [6, 6.07) is -0.216. The first-order chi connectivity index (χ1) is 5.65. The number of rotatable bonds is 4. The van der Waals surface area contributed by atoms with E-state index in [1.54, 1.807) is 0 Å². The van der Waals surface area contributed by atoms with Gasteiger partial charge in [0.1, 0.15) is 6.04 Å². The van der Waals surface area contributed by atoms with Gasteiger partial charge in [-0.1, -0.05) is 6.92 Å². The molecular weight excluding hydrogens is 172 g/mol. The Balaban J connectivity index is 2.20. The van der Waals surface area contributed by atoms with Gasteiger partial charge in [-0.05, 0) is 17.9 Å². The van der Waals surface area contributed by atoms with Crippen molar-refractivity contribution in [2.75, 3.05) is 25.1 Å². The first kappa shape index (κ1) is 9.86. The highest BCUT2D eigenvalue weighted by Crippen LogP contribution is 2.13. The lowest BCUT2D eigenvalue weighted by Crippen LogP contribution is -2.61. The van der Waals surface area contributed by atoms with Crippen LogP contribution in [0.3, 0.4) is 0 Å². The van der Waals surface area contributed by atoms with Crippen molar-refractivity contribution in [3.05, 3.63) is 0 Å². The van der Waals surface area contributed by atoms with Gasteiger partial charge >= 0.3 is 0 Å². The zero-order valence-electron chi connectivity index (χ0n) is 7.62. The van der Waals surface area contributed by atoms with Crippen LogP contribution in [0.25, 0.3) is 0 Å². The maximum atomic E-state index is 11.1. The SMILES string of the molecule is CSCC(C)CN1CC(N)C1=O. The molecule has 12 heavy (non-hydrogen) atoms. The Morgan fingerprint density at radius 3 is 2.92 bits per heavy atom. The Labute approximate surface area is 77.7 Å². The fourth-order valence-electron chi connectivity index (χ4n) is 1.41. The number of nitrogens with two attached hydrogens (primary N) is 1. The first-order valence-electron chi connectivity index (χ1n) is 4.18. The van der Waals surface area contributed by atoms with E-state index in [0.29, 0.717) is 5.92 Å². The van der Waals surface area contributed by atoms with Crippen molar-refractivity contribution < 1.29 is 4.79 Å². The molecule has 0 saturated carbocycles. The van der Waals surface area contributed by atoms with Crippen molar-refractivity contribution in [2.24, 2.45) is 11.7 Å². The third-order valence-corrected chi connectivity index (χ3v) is 2.93. The molecule has 3 nitrogen and oxygen atoms in total. The van der Waals surface area contributed by atoms with E-state index < -0.39 is 0 Å². The van der Waals surface area contributed by atoms with Crippen LogP contribution in [-0.2, 0) is 4.79 Å². The summed E-state index contributed by atoms with van der Waals surface area (Å²) < 4.78 is 0. The number of carbonyl (C=O) groups is 1. The molecule has 1 rings (SSSR count). The zero-order chi connectivity index (χ0) is 9.14. The van der Waals surface area contributed by atoms with E-state index >= 15 is 0 Å². The first-order valence-corrected chi connectivity index (χ1v) is 5.58. The van der Waals surface area contributed by atoms with Crippen LogP contribution in [0.4, 0.5) is 0 Å². The normalized spacial score (nSPS) is 25.4. The van der Waals surface area contributed by atoms with E-state index in [1.165, 1.54) is 0 Å². The molecule has 70 valence electrons. The van der Waals surface area contributed by atoms with Gasteiger partial charge in [-0.15, -0.1) is 0 Å². The Bertz CT molecular complexity index is 174. The highest BCUT2D eigenvalue weighted by molar-refractivity contribution is 7.98. The molecule has 1 heterocycles. The summed E-state index contributed by atoms with van der Waals surface area (Å²) >= 11 is 1.82. The van der Waals surface area contributed by atoms with Crippen LogP contribution in [0, 0.1) is 5.92 Å². The monoisotopic (exact) mass is 188 g/mol. The molecule has 1 amide bonds. The molecule has 0 aromatic heterocycles. The van der Waals surface area contributed by atoms with Crippen molar-refractivity contribution in [1.29, 1.82) is 0 Å². The molecule has 1 aliphatic rings. The van der Waals surface area contributed by atoms with Crippen molar-refractivity contribution in [3.63, 3.8) is 0 Å². The summed E-state index contributed by atoms with van der Waals surface area (Å²) in [6.07, 6.45) is 2.08. The summed E-state index contributed by atoms with van der Waals surface area (Å²) in [7, 11) is 0. The molecule has 0 radical (unpaired) electrons. The van der Waals surface area contributed by atoms with Gasteiger partial charge < -0.3 is 10.6 Å². The van der Waals surface area contributed by atoms with E-state index in [2.05, 4.69) is 13.2 Å². The predicted octanol–water partition coefficient (Wildman–Crippen LogP) is 0.155. The largest absolute Gasteiger partial charge is 0.339 e. The van der Waals surface area contributed by atoms with E-state index in [0.717, 1.165) is 18.8 Å². The van der Waals surface area contributed by atoms with Crippen LogP contribution < -0.4 is 5.73 Å². The minimum absolute atomic E-state index is 0.114. The molecule has 2 atom stereocenters. The standard InChI is InChI=1S/C8H16N2OS/c1-6(5-12-2)3-10-4-7(9)8(10)11/h6-7H,3-5,9H2,1-2H3. The Hall–Kier alpha value is -0.220. The van der Waals surface area contributed by atoms with Crippen LogP contribution in [0.5, 0.6) is 0 Å². The highest BCUT2D eigenvalue weighted by atomic mass is 32.2. The smallest absolute Gasteiger partial charge is 0.241 e. The molecule has 1 saturated heterocycles. The lowest BCUT2D eigenvalue weighted by Gasteiger charge is -2.37. The number of amides is 1. The summed E-state index contributed by atoms with van der Waals surface area (Å²) in [6.45, 7) is 3.78. The van der Waals surface area contributed by atoms with E-state index in [1.807, 2.05) is 16.7 Å². The minimum Gasteiger partial charge on any atom is -0.339 e. The number of β-lactam (4-membered cyclic amide) rings is 1. The number of hydrogen-bond donors (Lipinski definition) is 1. The molecule has 2 unspecified atom stereocenters. The molecular formula is C8H16N2OS. The third-order valence-electron chi connectivity index (χ3n) is 2.03. The van der Waals surface area contributed by atoms with Gasteiger partial charge in [-0.25, -0.2) is 0 Å². The second kappa shape index (κ2) is 4.14. The quantitative estimate of drug-likeness (QED) is 0.639. The second-order valence-electron chi connectivity index (χ2n) is 3.41. The number of nitrogens with zero attached hydrogens (tertiary/aromatic N) is 1. The van der Waals surface area contributed by atoms with Gasteiger partial charge in [-0.3, -0.25) is 4.79 Å². The Morgan fingerprint density at radius 2 is 2.50 bits per heavy atom. The summed E-state index contributed by atoms with van der Waals surface area (Å²) in [5.74, 6) is 1.80. The Morgan fingerprint density at radius 1 is 1.83 bits per heavy atom. The Kier molecular flexibility index (Phi) is 3.40. The molecule has 1 fully saturated rings. The van der Waals surface area contributed by atoms with Crippen LogP contribution >= 0.6 is 11.8 Å². The van der Waals surface area contributed by atoms with E-state index in [-0.39, 0.29) is 11.9 Å². The van der Waals surface area contributed by atoms with Crippen LogP contribution in [0.1, 0.15) is 6.92 Å². The highest BCUT2D eigenvalue weighted by Gasteiger charge is 2.33. The van der Waals surface area contributed by atoms with Crippen molar-refractivity contribution >= 4 is 17.7 Å².